The van der Waals surface area contributed by atoms with E-state index in [1.807, 2.05) is 30.3 Å². The van der Waals surface area contributed by atoms with Gasteiger partial charge in [-0.05, 0) is 29.0 Å². The van der Waals surface area contributed by atoms with Gasteiger partial charge in [-0.1, -0.05) is 76.2 Å². The van der Waals surface area contributed by atoms with E-state index in [9.17, 15) is 4.79 Å². The summed E-state index contributed by atoms with van der Waals surface area (Å²) in [4.78, 5) is 12.8. The van der Waals surface area contributed by atoms with E-state index in [4.69, 9.17) is 0 Å². The molecule has 3 rings (SSSR count). The molecule has 0 bridgehead atoms. The Bertz CT molecular complexity index is 869. The highest BCUT2D eigenvalue weighted by Gasteiger charge is 2.18. The Morgan fingerprint density at radius 1 is 0.923 bits per heavy atom. The predicted molar refractivity (Wildman–Crippen MR) is 107 cm³/mol. The van der Waals surface area contributed by atoms with Crippen LogP contribution in [0.3, 0.4) is 0 Å². The summed E-state index contributed by atoms with van der Waals surface area (Å²) >= 11 is 0. The molecule has 0 fully saturated rings. The summed E-state index contributed by atoms with van der Waals surface area (Å²) in [6.07, 6.45) is 0. The van der Waals surface area contributed by atoms with Gasteiger partial charge < -0.3 is 5.32 Å². The van der Waals surface area contributed by atoms with Crippen molar-refractivity contribution in [1.29, 1.82) is 0 Å². The summed E-state index contributed by atoms with van der Waals surface area (Å²) in [6, 6.07) is 17.8. The van der Waals surface area contributed by atoms with Crippen LogP contribution >= 0.6 is 0 Å². The van der Waals surface area contributed by atoms with Gasteiger partial charge in [-0.2, -0.15) is 5.10 Å². The fraction of sp³-hybridized carbons (Fsp3) is 0.273. The summed E-state index contributed by atoms with van der Waals surface area (Å²) in [6.45, 7) is 8.55. The van der Waals surface area contributed by atoms with Crippen LogP contribution in [0.2, 0.25) is 0 Å². The number of amides is 1. The molecule has 4 heteroatoms. The molecule has 0 aliphatic heterocycles. The van der Waals surface area contributed by atoms with Crippen molar-refractivity contribution in [2.24, 2.45) is 0 Å². The standard InChI is InChI=1S/C22H25N3O/c1-14(2)17-11-8-12-18(15(3)4)21(17)23-22(26)20-13-19(24-25-20)16-9-6-5-7-10-16/h5-15H,1-4H3,(H,23,26)(H,24,25). The number of aromatic nitrogens is 2. The molecule has 0 unspecified atom stereocenters. The van der Waals surface area contributed by atoms with E-state index in [1.165, 1.54) is 0 Å². The van der Waals surface area contributed by atoms with Gasteiger partial charge in [0.15, 0.2) is 0 Å². The van der Waals surface area contributed by atoms with Crippen molar-refractivity contribution in [3.8, 4) is 11.3 Å². The van der Waals surface area contributed by atoms with E-state index in [2.05, 4.69) is 61.4 Å². The second kappa shape index (κ2) is 7.56. The number of hydrogen-bond donors (Lipinski definition) is 2. The topological polar surface area (TPSA) is 57.8 Å². The molecule has 2 N–H and O–H groups in total. The third-order valence-electron chi connectivity index (χ3n) is 4.50. The van der Waals surface area contributed by atoms with Crippen molar-refractivity contribution in [3.05, 3.63) is 71.4 Å². The number of carbonyl (C=O) groups is 1. The Kier molecular flexibility index (Phi) is 5.21. The van der Waals surface area contributed by atoms with Gasteiger partial charge in [-0.25, -0.2) is 0 Å². The molecular formula is C22H25N3O. The van der Waals surface area contributed by atoms with Crippen LogP contribution in [-0.2, 0) is 0 Å². The quantitative estimate of drug-likeness (QED) is 0.633. The number of para-hydroxylation sites is 1. The van der Waals surface area contributed by atoms with Crippen molar-refractivity contribution in [1.82, 2.24) is 10.2 Å². The van der Waals surface area contributed by atoms with E-state index < -0.39 is 0 Å². The molecule has 2 aromatic carbocycles. The van der Waals surface area contributed by atoms with Crippen LogP contribution in [0.4, 0.5) is 5.69 Å². The first-order valence-corrected chi connectivity index (χ1v) is 9.02. The molecule has 0 radical (unpaired) electrons. The van der Waals surface area contributed by atoms with E-state index in [1.54, 1.807) is 6.07 Å². The summed E-state index contributed by atoms with van der Waals surface area (Å²) in [7, 11) is 0. The Morgan fingerprint density at radius 3 is 2.12 bits per heavy atom. The van der Waals surface area contributed by atoms with Crippen molar-refractivity contribution < 1.29 is 4.79 Å². The molecule has 26 heavy (non-hydrogen) atoms. The highest BCUT2D eigenvalue weighted by atomic mass is 16.1. The van der Waals surface area contributed by atoms with Crippen LogP contribution < -0.4 is 5.32 Å². The summed E-state index contributed by atoms with van der Waals surface area (Å²) in [5, 5.41) is 10.3. The molecule has 0 aliphatic rings. The van der Waals surface area contributed by atoms with Crippen LogP contribution in [0.15, 0.2) is 54.6 Å². The lowest BCUT2D eigenvalue weighted by Crippen LogP contribution is -2.16. The maximum atomic E-state index is 12.8. The minimum absolute atomic E-state index is 0.172. The second-order valence-electron chi connectivity index (χ2n) is 7.11. The third kappa shape index (κ3) is 3.69. The van der Waals surface area contributed by atoms with E-state index in [0.29, 0.717) is 17.5 Å². The van der Waals surface area contributed by atoms with E-state index in [-0.39, 0.29) is 5.91 Å². The largest absolute Gasteiger partial charge is 0.320 e. The van der Waals surface area contributed by atoms with Gasteiger partial charge in [0, 0.05) is 11.3 Å². The van der Waals surface area contributed by atoms with E-state index in [0.717, 1.165) is 28.1 Å². The van der Waals surface area contributed by atoms with Crippen molar-refractivity contribution in [3.63, 3.8) is 0 Å². The fourth-order valence-corrected chi connectivity index (χ4v) is 3.07. The first-order chi connectivity index (χ1) is 12.5. The summed E-state index contributed by atoms with van der Waals surface area (Å²) in [5.41, 5.74) is 5.40. The minimum Gasteiger partial charge on any atom is -0.320 e. The lowest BCUT2D eigenvalue weighted by molar-refractivity contribution is 0.102. The number of benzene rings is 2. The molecule has 1 heterocycles. The van der Waals surface area contributed by atoms with Crippen LogP contribution in [0, 0.1) is 0 Å². The van der Waals surface area contributed by atoms with Crippen molar-refractivity contribution >= 4 is 11.6 Å². The third-order valence-corrected chi connectivity index (χ3v) is 4.50. The number of aromatic amines is 1. The van der Waals surface area contributed by atoms with Crippen LogP contribution in [0.1, 0.15) is 61.1 Å². The Labute approximate surface area is 154 Å². The maximum Gasteiger partial charge on any atom is 0.273 e. The van der Waals surface area contributed by atoms with Gasteiger partial charge in [-0.15, -0.1) is 0 Å². The number of carbonyl (C=O) groups excluding carboxylic acids is 1. The predicted octanol–water partition coefficient (Wildman–Crippen LogP) is 5.58. The second-order valence-corrected chi connectivity index (χ2v) is 7.11. The monoisotopic (exact) mass is 347 g/mol. The SMILES string of the molecule is CC(C)c1cccc(C(C)C)c1NC(=O)c1cc(-c2ccccc2)n[nH]1. The van der Waals surface area contributed by atoms with Gasteiger partial charge in [0.05, 0.1) is 5.69 Å². The zero-order chi connectivity index (χ0) is 18.7. The molecule has 0 saturated carbocycles. The van der Waals surface area contributed by atoms with Crippen LogP contribution in [-0.4, -0.2) is 16.1 Å². The zero-order valence-corrected chi connectivity index (χ0v) is 15.7. The number of hydrogen-bond acceptors (Lipinski definition) is 2. The number of anilines is 1. The van der Waals surface area contributed by atoms with E-state index >= 15 is 0 Å². The smallest absolute Gasteiger partial charge is 0.273 e. The molecule has 134 valence electrons. The van der Waals surface area contributed by atoms with Crippen molar-refractivity contribution in [2.45, 2.75) is 39.5 Å². The number of H-pyrrole nitrogens is 1. The van der Waals surface area contributed by atoms with Crippen LogP contribution in [0.5, 0.6) is 0 Å². The lowest BCUT2D eigenvalue weighted by Gasteiger charge is -2.19. The molecule has 3 aromatic rings. The average molecular weight is 347 g/mol. The normalized spacial score (nSPS) is 11.2. The van der Waals surface area contributed by atoms with Gasteiger partial charge in [0.2, 0.25) is 0 Å². The van der Waals surface area contributed by atoms with Crippen molar-refractivity contribution in [2.75, 3.05) is 5.32 Å². The Hall–Kier alpha value is -2.88. The highest BCUT2D eigenvalue weighted by Crippen LogP contribution is 2.32. The van der Waals surface area contributed by atoms with Gasteiger partial charge in [-0.3, -0.25) is 9.89 Å². The van der Waals surface area contributed by atoms with Gasteiger partial charge in [0.1, 0.15) is 5.69 Å². The van der Waals surface area contributed by atoms with Crippen LogP contribution in [0.25, 0.3) is 11.3 Å². The van der Waals surface area contributed by atoms with Gasteiger partial charge >= 0.3 is 0 Å². The minimum atomic E-state index is -0.172. The Morgan fingerprint density at radius 2 is 1.54 bits per heavy atom. The first kappa shape index (κ1) is 17.9. The molecule has 0 saturated heterocycles. The maximum absolute atomic E-state index is 12.8. The number of rotatable bonds is 5. The molecule has 0 spiro atoms. The molecule has 0 atom stereocenters. The lowest BCUT2D eigenvalue weighted by atomic mass is 9.92. The number of nitrogens with one attached hydrogen (secondary N) is 2. The molecule has 0 aliphatic carbocycles. The zero-order valence-electron chi connectivity index (χ0n) is 15.7. The fourth-order valence-electron chi connectivity index (χ4n) is 3.07. The molecule has 1 aromatic heterocycles. The number of nitrogens with zero attached hydrogens (tertiary/aromatic N) is 1. The summed E-state index contributed by atoms with van der Waals surface area (Å²) in [5.74, 6) is 0.478. The molecular weight excluding hydrogens is 322 g/mol. The molecule has 4 nitrogen and oxygen atoms in total. The average Bonchev–Trinajstić information content (AvgIpc) is 3.12. The highest BCUT2D eigenvalue weighted by molar-refractivity contribution is 6.04. The van der Waals surface area contributed by atoms with Gasteiger partial charge in [0.25, 0.3) is 5.91 Å². The first-order valence-electron chi connectivity index (χ1n) is 9.02. The molecule has 1 amide bonds. The summed E-state index contributed by atoms with van der Waals surface area (Å²) < 4.78 is 0. The Balaban J connectivity index is 1.90.